The predicted molar refractivity (Wildman–Crippen MR) is 126 cm³/mol. The van der Waals surface area contributed by atoms with E-state index in [2.05, 4.69) is 19.9 Å². The number of ether oxygens (including phenoxy) is 2. The van der Waals surface area contributed by atoms with Crippen molar-refractivity contribution in [3.8, 4) is 0 Å². The first kappa shape index (κ1) is 26.4. The average molecular weight is 556 g/mol. The van der Waals surface area contributed by atoms with Crippen LogP contribution in [0.3, 0.4) is 0 Å². The Morgan fingerprint density at radius 2 is 1.89 bits per heavy atom. The summed E-state index contributed by atoms with van der Waals surface area (Å²) < 4.78 is 36.8. The van der Waals surface area contributed by atoms with Gasteiger partial charge in [0.25, 0.3) is 5.56 Å². The number of nitrogens with zero attached hydrogens (tertiary/aromatic N) is 5. The van der Waals surface area contributed by atoms with Gasteiger partial charge in [-0.25, -0.2) is 14.3 Å². The number of hydrogen-bond donors (Lipinski definition) is 6. The zero-order chi connectivity index (χ0) is 27.2. The molecule has 7 atom stereocenters. The van der Waals surface area contributed by atoms with Crippen LogP contribution in [0.1, 0.15) is 25.3 Å². The molecule has 2 saturated heterocycles. The van der Waals surface area contributed by atoms with Crippen molar-refractivity contribution in [1.82, 2.24) is 29.1 Å². The number of imidazole rings is 1. The molecule has 18 nitrogen and oxygen atoms in total. The number of hydrogen-bond acceptors (Lipinski definition) is 14. The highest BCUT2D eigenvalue weighted by Crippen LogP contribution is 2.49. The molecule has 0 aromatic carbocycles. The Balaban J connectivity index is 1.22. The van der Waals surface area contributed by atoms with Crippen molar-refractivity contribution in [3.63, 3.8) is 0 Å². The largest absolute Gasteiger partial charge is 0.472 e. The van der Waals surface area contributed by atoms with Crippen molar-refractivity contribution >= 4 is 30.8 Å². The highest BCUT2D eigenvalue weighted by molar-refractivity contribution is 7.47. The van der Waals surface area contributed by atoms with Crippen LogP contribution in [-0.4, -0.2) is 81.8 Å². The van der Waals surface area contributed by atoms with E-state index < -0.39 is 69.2 Å². The van der Waals surface area contributed by atoms with Gasteiger partial charge in [-0.2, -0.15) is 9.97 Å². The third-order valence-corrected chi connectivity index (χ3v) is 7.17. The highest BCUT2D eigenvalue weighted by Gasteiger charge is 2.43. The van der Waals surface area contributed by atoms with Gasteiger partial charge >= 0.3 is 13.5 Å². The number of nitrogens with one attached hydrogen (secondary N) is 1. The summed E-state index contributed by atoms with van der Waals surface area (Å²) in [7, 11) is -4.74. The van der Waals surface area contributed by atoms with Gasteiger partial charge in [-0.3, -0.25) is 28.0 Å². The summed E-state index contributed by atoms with van der Waals surface area (Å²) in [6.07, 6.45) is -3.42. The number of nitrogens with two attached hydrogens (primary N) is 2. The lowest BCUT2D eigenvalue weighted by atomic mass is 10.2. The van der Waals surface area contributed by atoms with Gasteiger partial charge in [0.05, 0.1) is 25.6 Å². The molecule has 8 N–H and O–H groups in total. The van der Waals surface area contributed by atoms with Gasteiger partial charge in [0.15, 0.2) is 11.2 Å². The van der Waals surface area contributed by atoms with Crippen molar-refractivity contribution in [2.75, 3.05) is 24.7 Å². The summed E-state index contributed by atoms with van der Waals surface area (Å²) in [5.74, 6) is -0.115. The fraction of sp³-hybridized carbons (Fsp3) is 0.526. The molecule has 19 heteroatoms. The van der Waals surface area contributed by atoms with E-state index in [1.54, 1.807) is 0 Å². The second-order valence-corrected chi connectivity index (χ2v) is 10.1. The molecule has 0 spiro atoms. The smallest absolute Gasteiger partial charge is 0.394 e. The summed E-state index contributed by atoms with van der Waals surface area (Å²) in [6.45, 7) is -1.10. The minimum absolute atomic E-state index is 0.0119. The average Bonchev–Trinajstić information content (AvgIpc) is 3.54. The summed E-state index contributed by atoms with van der Waals surface area (Å²) >= 11 is 0. The van der Waals surface area contributed by atoms with Gasteiger partial charge in [0.2, 0.25) is 5.95 Å². The second kappa shape index (κ2) is 10.2. The SMILES string of the molecule is Nc1ccn([C@@H]2C[C@H](OP(=O)(O)OC[C@@H]3O[C@H](n4cnc5c(=O)[nH]c(N)nc54)C[C@@H]3O)[C@H](CO)O2)c(=O)n1. The van der Waals surface area contributed by atoms with Crippen LogP contribution in [0.15, 0.2) is 28.2 Å². The maximum absolute atomic E-state index is 12.7. The summed E-state index contributed by atoms with van der Waals surface area (Å²) in [6, 6.07) is 1.38. The Labute approximate surface area is 212 Å². The number of aromatic amines is 1. The molecular weight excluding hydrogens is 531 g/mol. The van der Waals surface area contributed by atoms with Crippen molar-refractivity contribution in [1.29, 1.82) is 0 Å². The first-order valence-electron chi connectivity index (χ1n) is 11.4. The molecule has 38 heavy (non-hydrogen) atoms. The number of aliphatic hydroxyl groups excluding tert-OH is 2. The molecule has 1 unspecified atom stereocenters. The van der Waals surface area contributed by atoms with Crippen LogP contribution >= 0.6 is 7.82 Å². The number of phosphoric acid groups is 1. The van der Waals surface area contributed by atoms with E-state index in [0.29, 0.717) is 0 Å². The number of anilines is 2. The number of fused-ring (bicyclic) bond motifs is 1. The van der Waals surface area contributed by atoms with E-state index >= 15 is 0 Å². The Morgan fingerprint density at radius 1 is 1.16 bits per heavy atom. The zero-order valence-electron chi connectivity index (χ0n) is 19.6. The van der Waals surface area contributed by atoms with Crippen LogP contribution in [0.25, 0.3) is 11.2 Å². The first-order valence-corrected chi connectivity index (χ1v) is 12.9. The Morgan fingerprint density at radius 3 is 2.63 bits per heavy atom. The molecule has 2 aliphatic heterocycles. The second-order valence-electron chi connectivity index (χ2n) is 8.71. The molecule has 0 radical (unpaired) electrons. The number of aliphatic hydroxyl groups is 2. The van der Waals surface area contributed by atoms with E-state index in [1.165, 1.54) is 23.2 Å². The third kappa shape index (κ3) is 5.20. The third-order valence-electron chi connectivity index (χ3n) is 6.16. The molecule has 3 aromatic heterocycles. The number of H-pyrrole nitrogens is 1. The molecular formula is C19H25N8O10P. The highest BCUT2D eigenvalue weighted by atomic mass is 31.2. The summed E-state index contributed by atoms with van der Waals surface area (Å²) in [5.41, 5.74) is 10.0. The predicted octanol–water partition coefficient (Wildman–Crippen LogP) is -2.03. The molecule has 0 amide bonds. The Bertz CT molecular complexity index is 1490. The van der Waals surface area contributed by atoms with Crippen LogP contribution < -0.4 is 22.7 Å². The summed E-state index contributed by atoms with van der Waals surface area (Å²) in [4.78, 5) is 48.4. The first-order chi connectivity index (χ1) is 18.0. The van der Waals surface area contributed by atoms with Gasteiger partial charge in [-0.1, -0.05) is 0 Å². The molecule has 206 valence electrons. The maximum Gasteiger partial charge on any atom is 0.472 e. The van der Waals surface area contributed by atoms with E-state index in [4.69, 9.17) is 30.0 Å². The quantitative estimate of drug-likeness (QED) is 0.163. The monoisotopic (exact) mass is 556 g/mol. The minimum atomic E-state index is -4.74. The lowest BCUT2D eigenvalue weighted by Crippen LogP contribution is -2.29. The van der Waals surface area contributed by atoms with Crippen molar-refractivity contribution in [3.05, 3.63) is 39.4 Å². The van der Waals surface area contributed by atoms with Crippen LogP contribution in [-0.2, 0) is 23.1 Å². The lowest BCUT2D eigenvalue weighted by molar-refractivity contribution is -0.0564. The van der Waals surface area contributed by atoms with Crippen LogP contribution in [0, 0.1) is 0 Å². The topological polar surface area (TPSA) is 265 Å². The minimum Gasteiger partial charge on any atom is -0.394 e. The van der Waals surface area contributed by atoms with Crippen molar-refractivity contribution in [2.45, 2.75) is 49.7 Å². The standard InChI is InChI=1S/C19H25N8O10P/c20-12-1-2-26(19(31)23-12)14-4-9(10(5-28)35-14)37-38(32,33)34-6-11-8(29)3-13(36-11)27-7-22-15-16(27)24-18(21)25-17(15)30/h1-2,7-11,13-14,28-29H,3-6H2,(H,32,33)(H2,20,23,31)(H3,21,24,25,30)/t8-,9-,10-,11-,13-,14-/m0/s1. The van der Waals surface area contributed by atoms with Gasteiger partial charge in [0, 0.05) is 19.0 Å². The van der Waals surface area contributed by atoms with Crippen LogP contribution in [0.5, 0.6) is 0 Å². The fourth-order valence-corrected chi connectivity index (χ4v) is 5.31. The lowest BCUT2D eigenvalue weighted by Gasteiger charge is -2.21. The maximum atomic E-state index is 12.7. The number of rotatable bonds is 8. The van der Waals surface area contributed by atoms with Crippen molar-refractivity contribution < 1.29 is 38.2 Å². The normalized spacial score (nSPS) is 29.1. The molecule has 0 bridgehead atoms. The van der Waals surface area contributed by atoms with E-state index in [1.807, 2.05) is 0 Å². The van der Waals surface area contributed by atoms with Gasteiger partial charge in [-0.15, -0.1) is 0 Å². The molecule has 2 aliphatic rings. The Hall–Kier alpha value is -3.22. The molecule has 0 aliphatic carbocycles. The molecule has 0 saturated carbocycles. The zero-order valence-corrected chi connectivity index (χ0v) is 20.5. The van der Waals surface area contributed by atoms with Crippen molar-refractivity contribution in [2.24, 2.45) is 0 Å². The van der Waals surface area contributed by atoms with E-state index in [0.717, 1.165) is 4.57 Å². The summed E-state index contributed by atoms with van der Waals surface area (Å²) in [5, 5.41) is 20.1. The van der Waals surface area contributed by atoms with Crippen LogP contribution in [0.4, 0.5) is 11.8 Å². The van der Waals surface area contributed by atoms with Gasteiger partial charge < -0.3 is 36.0 Å². The van der Waals surface area contributed by atoms with Gasteiger partial charge in [-0.05, 0) is 6.07 Å². The fourth-order valence-electron chi connectivity index (χ4n) is 4.35. The van der Waals surface area contributed by atoms with Gasteiger partial charge in [0.1, 0.15) is 36.6 Å². The molecule has 5 heterocycles. The molecule has 3 aromatic rings. The number of aromatic nitrogens is 6. The molecule has 5 rings (SSSR count). The van der Waals surface area contributed by atoms with E-state index in [-0.39, 0.29) is 35.8 Å². The number of phosphoric ester groups is 1. The van der Waals surface area contributed by atoms with E-state index in [9.17, 15) is 29.3 Å². The Kier molecular flexibility index (Phi) is 7.05. The number of nitrogen functional groups attached to an aromatic ring is 2. The molecule has 2 fully saturated rings. The van der Waals surface area contributed by atoms with Crippen LogP contribution in [0.2, 0.25) is 0 Å².